The molecule has 23 heavy (non-hydrogen) atoms. The van der Waals surface area contributed by atoms with E-state index in [4.69, 9.17) is 14.2 Å². The predicted octanol–water partition coefficient (Wildman–Crippen LogP) is 2.72. The van der Waals surface area contributed by atoms with Gasteiger partial charge < -0.3 is 14.2 Å². The van der Waals surface area contributed by atoms with Crippen LogP contribution in [0.2, 0.25) is 0 Å². The number of carbonyl (C=O) groups excluding carboxylic acids is 2. The van der Waals surface area contributed by atoms with E-state index in [2.05, 4.69) is 0 Å². The molecule has 120 valence electrons. The Morgan fingerprint density at radius 2 is 1.35 bits per heavy atom. The summed E-state index contributed by atoms with van der Waals surface area (Å²) in [5.74, 6) is -0.953. The van der Waals surface area contributed by atoms with E-state index < -0.39 is 18.0 Å². The maximum atomic E-state index is 12.0. The molecule has 0 aliphatic carbocycles. The number of hydrogen-bond donors (Lipinski definition) is 0. The van der Waals surface area contributed by atoms with E-state index in [0.29, 0.717) is 11.1 Å². The monoisotopic (exact) mass is 314 g/mol. The van der Waals surface area contributed by atoms with Gasteiger partial charge >= 0.3 is 11.9 Å². The van der Waals surface area contributed by atoms with Crippen molar-refractivity contribution in [2.45, 2.75) is 6.10 Å². The van der Waals surface area contributed by atoms with Gasteiger partial charge in [0.2, 0.25) is 0 Å². The van der Waals surface area contributed by atoms with Crippen LogP contribution in [-0.4, -0.2) is 38.4 Å². The van der Waals surface area contributed by atoms with Gasteiger partial charge in [-0.15, -0.1) is 0 Å². The molecule has 5 nitrogen and oxygen atoms in total. The summed E-state index contributed by atoms with van der Waals surface area (Å²) in [6, 6.07) is 17.2. The first-order valence-corrected chi connectivity index (χ1v) is 7.18. The number of hydrogen-bond acceptors (Lipinski definition) is 5. The minimum absolute atomic E-state index is 0.0693. The molecule has 0 spiro atoms. The number of esters is 2. The maximum absolute atomic E-state index is 12.0. The van der Waals surface area contributed by atoms with Crippen LogP contribution in [0, 0.1) is 0 Å². The Morgan fingerprint density at radius 3 is 1.87 bits per heavy atom. The van der Waals surface area contributed by atoms with E-state index in [1.807, 2.05) is 12.1 Å². The lowest BCUT2D eigenvalue weighted by Gasteiger charge is -2.17. The van der Waals surface area contributed by atoms with Gasteiger partial charge in [0.05, 0.1) is 17.7 Å². The third-order valence-electron chi connectivity index (χ3n) is 3.05. The molecular weight excluding hydrogens is 296 g/mol. The molecule has 2 aromatic carbocycles. The normalized spacial score (nSPS) is 11.5. The fraction of sp³-hybridized carbons (Fsp3) is 0.222. The molecule has 2 rings (SSSR count). The minimum Gasteiger partial charge on any atom is -0.458 e. The summed E-state index contributed by atoms with van der Waals surface area (Å²) in [5, 5.41) is 0. The van der Waals surface area contributed by atoms with Gasteiger partial charge in [0, 0.05) is 7.11 Å². The van der Waals surface area contributed by atoms with E-state index in [1.54, 1.807) is 48.5 Å². The van der Waals surface area contributed by atoms with Crippen LogP contribution in [-0.2, 0) is 14.2 Å². The van der Waals surface area contributed by atoms with Gasteiger partial charge in [0.15, 0.2) is 6.10 Å². The molecule has 0 heterocycles. The molecular formula is C18H18O5. The molecule has 1 atom stereocenters. The molecule has 0 bridgehead atoms. The molecule has 0 unspecified atom stereocenters. The van der Waals surface area contributed by atoms with Gasteiger partial charge in [-0.2, -0.15) is 0 Å². The molecule has 0 aliphatic heterocycles. The average Bonchev–Trinajstić information content (AvgIpc) is 2.61. The minimum atomic E-state index is -0.666. The standard InChI is InChI=1S/C18H18O5/c1-21-12-16(23-18(20)15-10-6-3-7-11-15)13-22-17(19)14-8-4-2-5-9-14/h2-11,16H,12-13H2,1H3/t16-/m0/s1. The highest BCUT2D eigenvalue weighted by atomic mass is 16.6. The van der Waals surface area contributed by atoms with E-state index in [9.17, 15) is 9.59 Å². The highest BCUT2D eigenvalue weighted by Gasteiger charge is 2.18. The first kappa shape index (κ1) is 16.7. The molecule has 5 heteroatoms. The van der Waals surface area contributed by atoms with Crippen LogP contribution in [0.4, 0.5) is 0 Å². The molecule has 0 N–H and O–H groups in total. The zero-order chi connectivity index (χ0) is 16.5. The van der Waals surface area contributed by atoms with Gasteiger partial charge in [-0.05, 0) is 24.3 Å². The Kier molecular flexibility index (Phi) is 6.32. The fourth-order valence-electron chi connectivity index (χ4n) is 1.92. The van der Waals surface area contributed by atoms with Crippen molar-refractivity contribution in [3.05, 3.63) is 71.8 Å². The molecule has 2 aromatic rings. The molecule has 0 amide bonds. The van der Waals surface area contributed by atoms with Crippen LogP contribution >= 0.6 is 0 Å². The van der Waals surface area contributed by atoms with E-state index in [-0.39, 0.29) is 13.2 Å². The van der Waals surface area contributed by atoms with Gasteiger partial charge in [0.25, 0.3) is 0 Å². The summed E-state index contributed by atoms with van der Waals surface area (Å²) in [7, 11) is 1.49. The SMILES string of the molecule is COC[C@@H](COC(=O)c1ccccc1)OC(=O)c1ccccc1. The zero-order valence-electron chi connectivity index (χ0n) is 12.8. The molecule has 0 aliphatic rings. The Hall–Kier alpha value is -2.66. The quantitative estimate of drug-likeness (QED) is 0.735. The Morgan fingerprint density at radius 1 is 0.826 bits per heavy atom. The van der Waals surface area contributed by atoms with Crippen molar-refractivity contribution >= 4 is 11.9 Å². The van der Waals surface area contributed by atoms with Gasteiger partial charge in [-0.1, -0.05) is 36.4 Å². The number of rotatable bonds is 7. The highest BCUT2D eigenvalue weighted by Crippen LogP contribution is 2.07. The lowest BCUT2D eigenvalue weighted by atomic mass is 10.2. The van der Waals surface area contributed by atoms with Crippen molar-refractivity contribution in [3.8, 4) is 0 Å². The van der Waals surface area contributed by atoms with Crippen molar-refractivity contribution in [1.29, 1.82) is 0 Å². The van der Waals surface area contributed by atoms with E-state index >= 15 is 0 Å². The van der Waals surface area contributed by atoms with Gasteiger partial charge in [-0.25, -0.2) is 9.59 Å². The van der Waals surface area contributed by atoms with Crippen LogP contribution < -0.4 is 0 Å². The summed E-state index contributed by atoms with van der Waals surface area (Å²) in [5.41, 5.74) is 0.876. The zero-order valence-corrected chi connectivity index (χ0v) is 12.8. The lowest BCUT2D eigenvalue weighted by Crippen LogP contribution is -2.29. The lowest BCUT2D eigenvalue weighted by molar-refractivity contribution is -0.0241. The third-order valence-corrected chi connectivity index (χ3v) is 3.05. The van der Waals surface area contributed by atoms with E-state index in [1.165, 1.54) is 7.11 Å². The molecule has 0 saturated carbocycles. The average molecular weight is 314 g/mol. The fourth-order valence-corrected chi connectivity index (χ4v) is 1.92. The van der Waals surface area contributed by atoms with E-state index in [0.717, 1.165) is 0 Å². The van der Waals surface area contributed by atoms with Crippen molar-refractivity contribution in [2.75, 3.05) is 20.3 Å². The smallest absolute Gasteiger partial charge is 0.338 e. The van der Waals surface area contributed by atoms with Crippen LogP contribution in [0.3, 0.4) is 0 Å². The third kappa shape index (κ3) is 5.23. The summed E-state index contributed by atoms with van der Waals surface area (Å²) in [4.78, 5) is 23.9. The second-order valence-electron chi connectivity index (χ2n) is 4.81. The Bertz CT molecular complexity index is 624. The van der Waals surface area contributed by atoms with Gasteiger partial charge in [0.1, 0.15) is 6.61 Å². The summed E-state index contributed by atoms with van der Waals surface area (Å²) >= 11 is 0. The van der Waals surface area contributed by atoms with Crippen molar-refractivity contribution in [1.82, 2.24) is 0 Å². The summed E-state index contributed by atoms with van der Waals surface area (Å²) < 4.78 is 15.5. The molecule has 0 fully saturated rings. The number of benzene rings is 2. The number of carbonyl (C=O) groups is 2. The van der Waals surface area contributed by atoms with Crippen LogP contribution in [0.15, 0.2) is 60.7 Å². The molecule has 0 aromatic heterocycles. The second-order valence-corrected chi connectivity index (χ2v) is 4.81. The topological polar surface area (TPSA) is 61.8 Å². The van der Waals surface area contributed by atoms with Crippen molar-refractivity contribution < 1.29 is 23.8 Å². The Labute approximate surface area is 134 Å². The first-order valence-electron chi connectivity index (χ1n) is 7.18. The van der Waals surface area contributed by atoms with Crippen molar-refractivity contribution in [3.63, 3.8) is 0 Å². The summed E-state index contributed by atoms with van der Waals surface area (Å²) in [6.07, 6.45) is -0.666. The van der Waals surface area contributed by atoms with Crippen molar-refractivity contribution in [2.24, 2.45) is 0 Å². The largest absolute Gasteiger partial charge is 0.458 e. The van der Waals surface area contributed by atoms with Crippen LogP contribution in [0.5, 0.6) is 0 Å². The summed E-state index contributed by atoms with van der Waals surface area (Å²) in [6.45, 7) is 0.0702. The second kappa shape index (κ2) is 8.70. The molecule has 0 saturated heterocycles. The number of methoxy groups -OCH3 is 1. The molecule has 0 radical (unpaired) electrons. The van der Waals surface area contributed by atoms with Gasteiger partial charge in [-0.3, -0.25) is 0 Å². The first-order chi connectivity index (χ1) is 11.2. The Balaban J connectivity index is 1.91. The van der Waals surface area contributed by atoms with Crippen LogP contribution in [0.25, 0.3) is 0 Å². The van der Waals surface area contributed by atoms with Crippen LogP contribution in [0.1, 0.15) is 20.7 Å². The number of ether oxygens (including phenoxy) is 3. The predicted molar refractivity (Wildman–Crippen MR) is 84.2 cm³/mol. The highest BCUT2D eigenvalue weighted by molar-refractivity contribution is 5.90. The maximum Gasteiger partial charge on any atom is 0.338 e.